The maximum Gasteiger partial charge on any atom is 0.120 e. The van der Waals surface area contributed by atoms with Gasteiger partial charge in [0.1, 0.15) is 12.4 Å². The van der Waals surface area contributed by atoms with Crippen LogP contribution in [-0.2, 0) is 6.61 Å². The van der Waals surface area contributed by atoms with Gasteiger partial charge in [0, 0.05) is 27.7 Å². The van der Waals surface area contributed by atoms with E-state index in [1.165, 1.54) is 0 Å². The van der Waals surface area contributed by atoms with Crippen molar-refractivity contribution in [2.24, 2.45) is 0 Å². The Morgan fingerprint density at radius 1 is 1.15 bits per heavy atom. The fourth-order valence-electron chi connectivity index (χ4n) is 2.02. The molecule has 3 nitrogen and oxygen atoms in total. The summed E-state index contributed by atoms with van der Waals surface area (Å²) in [6.45, 7) is 0.375. The first-order valence-corrected chi connectivity index (χ1v) is 6.52. The van der Waals surface area contributed by atoms with E-state index in [4.69, 9.17) is 21.6 Å². The topological polar surface area (TPSA) is 48.8 Å². The van der Waals surface area contributed by atoms with Crippen LogP contribution in [0.5, 0.6) is 5.75 Å². The molecule has 0 spiro atoms. The van der Waals surface area contributed by atoms with E-state index in [9.17, 15) is 0 Å². The molecule has 0 saturated heterocycles. The average Bonchev–Trinajstić information content (AvgIpc) is 2.93. The number of H-pyrrole nitrogens is 1. The highest BCUT2D eigenvalue weighted by molar-refractivity contribution is 6.31. The number of nitrogens with zero attached hydrogens (tertiary/aromatic N) is 1. The molecule has 0 atom stereocenters. The highest BCUT2D eigenvalue weighted by atomic mass is 35.5. The van der Waals surface area contributed by atoms with Gasteiger partial charge in [0.05, 0.1) is 11.6 Å². The van der Waals surface area contributed by atoms with Gasteiger partial charge in [-0.15, -0.1) is 0 Å². The summed E-state index contributed by atoms with van der Waals surface area (Å²) in [5, 5.41) is 10.5. The lowest BCUT2D eigenvalue weighted by atomic mass is 10.1. The van der Waals surface area contributed by atoms with Crippen LogP contribution in [0.25, 0.3) is 10.9 Å². The molecule has 0 amide bonds. The van der Waals surface area contributed by atoms with Crippen molar-refractivity contribution in [2.75, 3.05) is 0 Å². The first-order valence-electron chi connectivity index (χ1n) is 6.15. The molecule has 98 valence electrons. The highest BCUT2D eigenvalue weighted by Crippen LogP contribution is 2.23. The number of benzene rings is 2. The summed E-state index contributed by atoms with van der Waals surface area (Å²) in [5.74, 6) is 0.789. The predicted molar refractivity (Wildman–Crippen MR) is 78.8 cm³/mol. The Morgan fingerprint density at radius 2 is 2.05 bits per heavy atom. The van der Waals surface area contributed by atoms with Crippen LogP contribution in [0.2, 0.25) is 5.02 Å². The van der Waals surface area contributed by atoms with Gasteiger partial charge >= 0.3 is 0 Å². The summed E-state index contributed by atoms with van der Waals surface area (Å²) < 4.78 is 5.74. The van der Waals surface area contributed by atoms with Crippen LogP contribution in [0, 0.1) is 11.3 Å². The molecule has 0 saturated carbocycles. The number of aromatic nitrogens is 1. The third-order valence-electron chi connectivity index (χ3n) is 3.10. The van der Waals surface area contributed by atoms with E-state index >= 15 is 0 Å². The van der Waals surface area contributed by atoms with Crippen molar-refractivity contribution in [1.29, 1.82) is 5.26 Å². The SMILES string of the molecule is N#Cc1ccc(COc2ccc3[nH]ccc3c2)c(Cl)c1. The number of nitrogens with one attached hydrogen (secondary N) is 1. The van der Waals surface area contributed by atoms with E-state index in [0.717, 1.165) is 22.2 Å². The predicted octanol–water partition coefficient (Wildman–Crippen LogP) is 4.27. The largest absolute Gasteiger partial charge is 0.489 e. The molecule has 1 aromatic heterocycles. The number of nitriles is 1. The summed E-state index contributed by atoms with van der Waals surface area (Å²) >= 11 is 6.12. The molecule has 1 N–H and O–H groups in total. The molecule has 3 aromatic rings. The molecular formula is C16H11ClN2O. The number of ether oxygens (including phenoxy) is 1. The highest BCUT2D eigenvalue weighted by Gasteiger charge is 2.04. The quantitative estimate of drug-likeness (QED) is 0.780. The minimum Gasteiger partial charge on any atom is -0.489 e. The zero-order valence-corrected chi connectivity index (χ0v) is 11.3. The van der Waals surface area contributed by atoms with Gasteiger partial charge in [-0.3, -0.25) is 0 Å². The number of halogens is 1. The second kappa shape index (κ2) is 5.28. The molecule has 0 aliphatic carbocycles. The Bertz CT molecular complexity index is 802. The molecule has 0 bridgehead atoms. The van der Waals surface area contributed by atoms with Gasteiger partial charge in [0.25, 0.3) is 0 Å². The van der Waals surface area contributed by atoms with Gasteiger partial charge in [0.15, 0.2) is 0 Å². The van der Waals surface area contributed by atoms with Gasteiger partial charge < -0.3 is 9.72 Å². The van der Waals surface area contributed by atoms with Gasteiger partial charge in [0.2, 0.25) is 0 Å². The Kier molecular flexibility index (Phi) is 3.32. The van der Waals surface area contributed by atoms with Gasteiger partial charge in [-0.25, -0.2) is 0 Å². The van der Waals surface area contributed by atoms with Gasteiger partial charge in [-0.2, -0.15) is 5.26 Å². The smallest absolute Gasteiger partial charge is 0.120 e. The summed E-state index contributed by atoms with van der Waals surface area (Å²) in [4.78, 5) is 3.14. The van der Waals surface area contributed by atoms with Crippen molar-refractivity contribution in [2.45, 2.75) is 6.61 Å². The molecule has 20 heavy (non-hydrogen) atoms. The number of aromatic amines is 1. The minimum atomic E-state index is 0.375. The summed E-state index contributed by atoms with van der Waals surface area (Å²) in [5.41, 5.74) is 2.49. The summed E-state index contributed by atoms with van der Waals surface area (Å²) in [6.07, 6.45) is 1.89. The van der Waals surface area contributed by atoms with Gasteiger partial charge in [-0.1, -0.05) is 17.7 Å². The van der Waals surface area contributed by atoms with Crippen molar-refractivity contribution in [3.8, 4) is 11.8 Å². The maximum atomic E-state index is 8.80. The standard InChI is InChI=1S/C16H11ClN2O/c17-15-7-11(9-18)1-2-13(15)10-20-14-3-4-16-12(8-14)5-6-19-16/h1-8,19H,10H2. The molecule has 0 fully saturated rings. The summed E-state index contributed by atoms with van der Waals surface area (Å²) in [6, 6.07) is 15.1. The molecule has 4 heteroatoms. The first kappa shape index (κ1) is 12.6. The number of hydrogen-bond donors (Lipinski definition) is 1. The molecule has 3 rings (SSSR count). The molecule has 0 aliphatic heterocycles. The molecule has 0 unspecified atom stereocenters. The second-order valence-corrected chi connectivity index (χ2v) is 4.84. The van der Waals surface area contributed by atoms with Crippen molar-refractivity contribution >= 4 is 22.5 Å². The lowest BCUT2D eigenvalue weighted by molar-refractivity contribution is 0.307. The van der Waals surface area contributed by atoms with Crippen molar-refractivity contribution in [3.05, 3.63) is 64.8 Å². The molecule has 1 heterocycles. The third kappa shape index (κ3) is 2.47. The summed E-state index contributed by atoms with van der Waals surface area (Å²) in [7, 11) is 0. The lowest BCUT2D eigenvalue weighted by Crippen LogP contribution is -1.96. The third-order valence-corrected chi connectivity index (χ3v) is 3.45. The Morgan fingerprint density at radius 3 is 2.85 bits per heavy atom. The molecule has 0 radical (unpaired) electrons. The second-order valence-electron chi connectivity index (χ2n) is 4.43. The van der Waals surface area contributed by atoms with Crippen molar-refractivity contribution < 1.29 is 4.74 Å². The average molecular weight is 283 g/mol. The molecule has 2 aromatic carbocycles. The lowest BCUT2D eigenvalue weighted by Gasteiger charge is -2.08. The Hall–Kier alpha value is -2.44. The molecule has 0 aliphatic rings. The van der Waals surface area contributed by atoms with Crippen LogP contribution in [-0.4, -0.2) is 4.98 Å². The van der Waals surface area contributed by atoms with E-state index in [1.54, 1.807) is 12.1 Å². The molecular weight excluding hydrogens is 272 g/mol. The van der Waals surface area contributed by atoms with Crippen LogP contribution in [0.15, 0.2) is 48.7 Å². The monoisotopic (exact) mass is 282 g/mol. The number of hydrogen-bond acceptors (Lipinski definition) is 2. The van der Waals surface area contributed by atoms with E-state index in [0.29, 0.717) is 17.2 Å². The maximum absolute atomic E-state index is 8.80. The van der Waals surface area contributed by atoms with E-state index in [2.05, 4.69) is 11.1 Å². The Labute approximate surface area is 121 Å². The Balaban J connectivity index is 1.77. The zero-order chi connectivity index (χ0) is 13.9. The minimum absolute atomic E-state index is 0.375. The fraction of sp³-hybridized carbons (Fsp3) is 0.0625. The van der Waals surface area contributed by atoms with Crippen LogP contribution < -0.4 is 4.74 Å². The van der Waals surface area contributed by atoms with Crippen LogP contribution in [0.1, 0.15) is 11.1 Å². The van der Waals surface area contributed by atoms with E-state index in [-0.39, 0.29) is 0 Å². The van der Waals surface area contributed by atoms with Crippen molar-refractivity contribution in [1.82, 2.24) is 4.98 Å². The zero-order valence-electron chi connectivity index (χ0n) is 10.6. The van der Waals surface area contributed by atoms with E-state index < -0.39 is 0 Å². The van der Waals surface area contributed by atoms with Crippen LogP contribution >= 0.6 is 11.6 Å². The first-order chi connectivity index (χ1) is 9.76. The fourth-order valence-corrected chi connectivity index (χ4v) is 2.25. The van der Waals surface area contributed by atoms with E-state index in [1.807, 2.05) is 36.5 Å². The van der Waals surface area contributed by atoms with Crippen molar-refractivity contribution in [3.63, 3.8) is 0 Å². The number of fused-ring (bicyclic) bond motifs is 1. The number of rotatable bonds is 3. The van der Waals surface area contributed by atoms with Crippen LogP contribution in [0.4, 0.5) is 0 Å². The van der Waals surface area contributed by atoms with Crippen LogP contribution in [0.3, 0.4) is 0 Å². The van der Waals surface area contributed by atoms with Gasteiger partial charge in [-0.05, 0) is 36.4 Å². The normalized spacial score (nSPS) is 10.4.